The van der Waals surface area contributed by atoms with Gasteiger partial charge >= 0.3 is 8.56 Å². The van der Waals surface area contributed by atoms with Crippen LogP contribution in [0.15, 0.2) is 16.8 Å². The van der Waals surface area contributed by atoms with E-state index in [4.69, 9.17) is 20.5 Å². The normalized spacial score (nSPS) is 10.9. The maximum Gasteiger partial charge on any atom is 0.384 e. The summed E-state index contributed by atoms with van der Waals surface area (Å²) < 4.78 is 11.1. The second-order valence-electron chi connectivity index (χ2n) is 2.76. The van der Waals surface area contributed by atoms with Crippen molar-refractivity contribution in [3.63, 3.8) is 0 Å². The first-order valence-electron chi connectivity index (χ1n) is 4.72. The van der Waals surface area contributed by atoms with Gasteiger partial charge in [-0.3, -0.25) is 0 Å². The Labute approximate surface area is 96.2 Å². The lowest BCUT2D eigenvalue weighted by atomic mass is 10.6. The Balaban J connectivity index is 4.70. The molecule has 0 radical (unpaired) electrons. The average molecular weight is 250 g/mol. The summed E-state index contributed by atoms with van der Waals surface area (Å²) in [5.41, 5.74) is 0.252. The predicted molar refractivity (Wildman–Crippen MR) is 61.9 cm³/mol. The van der Waals surface area contributed by atoms with E-state index in [2.05, 4.69) is 11.6 Å². The first-order chi connectivity index (χ1) is 7.16. The molecule has 0 aliphatic carbocycles. The van der Waals surface area contributed by atoms with Crippen molar-refractivity contribution in [2.24, 2.45) is 4.99 Å². The van der Waals surface area contributed by atoms with Gasteiger partial charge in [0.1, 0.15) is 0 Å². The largest absolute Gasteiger partial charge is 0.391 e. The highest BCUT2D eigenvalue weighted by Gasteiger charge is 2.39. The Bertz CT molecular complexity index is 248. The average Bonchev–Trinajstić information content (AvgIpc) is 2.25. The molecule has 0 aromatic rings. The van der Waals surface area contributed by atoms with Crippen LogP contribution in [-0.2, 0) is 13.6 Å². The lowest BCUT2D eigenvalue weighted by Gasteiger charge is -2.28. The van der Waals surface area contributed by atoms with Gasteiger partial charge in [-0.2, -0.15) is 0 Å². The molecule has 0 saturated carbocycles. The maximum absolute atomic E-state index is 10.0. The number of rotatable bonds is 8. The Kier molecular flexibility index (Phi) is 7.55. The number of hydrogen-bond acceptors (Lipinski definition) is 4. The Morgan fingerprint density at radius 2 is 2.00 bits per heavy atom. The molecular weight excluding hydrogens is 234 g/mol. The van der Waals surface area contributed by atoms with Gasteiger partial charge in [0.05, 0.1) is 12.0 Å². The van der Waals surface area contributed by atoms with Gasteiger partial charge in [-0.05, 0) is 19.0 Å². The van der Waals surface area contributed by atoms with E-state index in [0.717, 1.165) is 0 Å². The number of aliphatic imine (C=N–C) groups is 1. The zero-order chi connectivity index (χ0) is 11.7. The third kappa shape index (κ3) is 4.28. The van der Waals surface area contributed by atoms with Crippen LogP contribution >= 0.6 is 11.6 Å². The van der Waals surface area contributed by atoms with Crippen LogP contribution < -0.4 is 0 Å². The molecule has 86 valence electrons. The zero-order valence-corrected chi connectivity index (χ0v) is 10.8. The van der Waals surface area contributed by atoms with Crippen molar-refractivity contribution in [1.29, 1.82) is 0 Å². The van der Waals surface area contributed by atoms with Gasteiger partial charge in [-0.1, -0.05) is 6.58 Å². The van der Waals surface area contributed by atoms with Gasteiger partial charge in [0.2, 0.25) is 6.08 Å². The van der Waals surface area contributed by atoms with E-state index >= 15 is 0 Å². The van der Waals surface area contributed by atoms with Gasteiger partial charge in [0.25, 0.3) is 0 Å². The Hall–Kier alpha value is -0.453. The molecule has 0 unspecified atom stereocenters. The monoisotopic (exact) mass is 249 g/mol. The van der Waals surface area contributed by atoms with Crippen molar-refractivity contribution < 1.29 is 13.6 Å². The summed E-state index contributed by atoms with van der Waals surface area (Å²) >= 11 is 5.87. The minimum absolute atomic E-state index is 0.169. The van der Waals surface area contributed by atoms with E-state index < -0.39 is 8.56 Å². The molecule has 0 spiro atoms. The lowest BCUT2D eigenvalue weighted by molar-refractivity contribution is 0.196. The molecule has 0 aromatic carbocycles. The highest BCUT2D eigenvalue weighted by atomic mass is 35.5. The highest BCUT2D eigenvalue weighted by Crippen LogP contribution is 2.19. The zero-order valence-electron chi connectivity index (χ0n) is 9.09. The fourth-order valence-electron chi connectivity index (χ4n) is 1.13. The number of carbonyl (C=O) groups excluding carboxylic acids is 1. The van der Waals surface area contributed by atoms with Crippen LogP contribution in [0.2, 0.25) is 0 Å². The molecule has 0 aromatic heterocycles. The lowest BCUT2D eigenvalue weighted by Crippen LogP contribution is -2.48. The standard InChI is InChI=1S/C9H16ClNO3Si/c1-4-13-15(7-10,14-5-2)9(3)6-11-8-12/h3-7H2,1-2H3. The van der Waals surface area contributed by atoms with Crippen LogP contribution in [0, 0.1) is 0 Å². The fraction of sp³-hybridized carbons (Fsp3) is 0.667. The minimum Gasteiger partial charge on any atom is -0.391 e. The Morgan fingerprint density at radius 1 is 1.47 bits per heavy atom. The predicted octanol–water partition coefficient (Wildman–Crippen LogP) is 1.71. The van der Waals surface area contributed by atoms with Crippen molar-refractivity contribution >= 4 is 26.2 Å². The first kappa shape index (κ1) is 14.5. The van der Waals surface area contributed by atoms with Gasteiger partial charge in [0.15, 0.2) is 0 Å². The fourth-order valence-corrected chi connectivity index (χ4v) is 4.25. The van der Waals surface area contributed by atoms with Gasteiger partial charge in [-0.25, -0.2) is 9.79 Å². The minimum atomic E-state index is -2.61. The number of nitrogens with zero attached hydrogens (tertiary/aromatic N) is 1. The molecule has 0 bridgehead atoms. The van der Waals surface area contributed by atoms with Crippen LogP contribution in [0.1, 0.15) is 13.8 Å². The second kappa shape index (κ2) is 7.79. The number of halogens is 1. The van der Waals surface area contributed by atoms with E-state index in [1.165, 1.54) is 6.08 Å². The van der Waals surface area contributed by atoms with E-state index in [1.807, 2.05) is 13.8 Å². The van der Waals surface area contributed by atoms with E-state index in [0.29, 0.717) is 18.4 Å². The van der Waals surface area contributed by atoms with Crippen LogP contribution in [0.25, 0.3) is 0 Å². The number of alkyl halides is 1. The third-order valence-electron chi connectivity index (χ3n) is 1.80. The van der Waals surface area contributed by atoms with Gasteiger partial charge in [-0.15, -0.1) is 11.6 Å². The molecule has 0 atom stereocenters. The summed E-state index contributed by atoms with van der Waals surface area (Å²) in [5, 5.41) is 0.657. The second-order valence-corrected chi connectivity index (χ2v) is 6.62. The quantitative estimate of drug-likeness (QED) is 0.285. The van der Waals surface area contributed by atoms with E-state index in [-0.39, 0.29) is 12.0 Å². The highest BCUT2D eigenvalue weighted by molar-refractivity contribution is 6.80. The van der Waals surface area contributed by atoms with Crippen molar-refractivity contribution in [3.8, 4) is 0 Å². The molecule has 0 aliphatic heterocycles. The van der Waals surface area contributed by atoms with Crippen LogP contribution in [-0.4, -0.2) is 39.9 Å². The third-order valence-corrected chi connectivity index (χ3v) is 5.96. The van der Waals surface area contributed by atoms with Crippen LogP contribution in [0.5, 0.6) is 0 Å². The smallest absolute Gasteiger partial charge is 0.384 e. The molecule has 0 saturated heterocycles. The maximum atomic E-state index is 10.0. The summed E-state index contributed by atoms with van der Waals surface area (Å²) in [7, 11) is -2.61. The molecule has 4 nitrogen and oxygen atoms in total. The molecule has 0 heterocycles. The van der Waals surface area contributed by atoms with E-state index in [1.54, 1.807) is 0 Å². The number of isocyanates is 1. The van der Waals surface area contributed by atoms with Gasteiger partial charge in [0, 0.05) is 13.2 Å². The van der Waals surface area contributed by atoms with Gasteiger partial charge < -0.3 is 8.85 Å². The molecule has 0 rings (SSSR count). The summed E-state index contributed by atoms with van der Waals surface area (Å²) in [5.74, 6) is 0. The van der Waals surface area contributed by atoms with Crippen LogP contribution in [0.3, 0.4) is 0 Å². The summed E-state index contributed by atoms with van der Waals surface area (Å²) in [6.07, 6.45) is 1.46. The summed E-state index contributed by atoms with van der Waals surface area (Å²) in [6, 6.07) is 0. The molecule has 15 heavy (non-hydrogen) atoms. The van der Waals surface area contributed by atoms with Crippen LogP contribution in [0.4, 0.5) is 0 Å². The Morgan fingerprint density at radius 3 is 2.33 bits per heavy atom. The molecule has 0 amide bonds. The molecule has 6 heteroatoms. The first-order valence-corrected chi connectivity index (χ1v) is 7.28. The molecular formula is C9H16ClNO3Si. The molecule has 0 fully saturated rings. The number of hydrogen-bond donors (Lipinski definition) is 0. The van der Waals surface area contributed by atoms with E-state index in [9.17, 15) is 4.79 Å². The van der Waals surface area contributed by atoms with Crippen molar-refractivity contribution in [2.75, 3.05) is 25.3 Å². The summed E-state index contributed by atoms with van der Waals surface area (Å²) in [4.78, 5) is 13.5. The van der Waals surface area contributed by atoms with Crippen molar-refractivity contribution in [3.05, 3.63) is 11.8 Å². The molecule has 0 N–H and O–H groups in total. The van der Waals surface area contributed by atoms with Crippen molar-refractivity contribution in [1.82, 2.24) is 0 Å². The topological polar surface area (TPSA) is 47.9 Å². The summed E-state index contributed by atoms with van der Waals surface area (Å²) in [6.45, 7) is 8.73. The SMILES string of the molecule is C=C(CN=C=O)[Si](CCl)(OCC)OCC. The molecule has 0 aliphatic rings. The van der Waals surface area contributed by atoms with Crippen molar-refractivity contribution in [2.45, 2.75) is 13.8 Å².